The predicted molar refractivity (Wildman–Crippen MR) is 92.6 cm³/mol. The van der Waals surface area contributed by atoms with Gasteiger partial charge in [0.25, 0.3) is 0 Å². The van der Waals surface area contributed by atoms with Crippen LogP contribution in [-0.4, -0.2) is 24.9 Å². The number of rotatable bonds is 5. The number of hydrogen-bond acceptors (Lipinski definition) is 2. The molecule has 2 aromatic carbocycles. The van der Waals surface area contributed by atoms with E-state index in [-0.39, 0.29) is 12.1 Å². The van der Waals surface area contributed by atoms with Gasteiger partial charge in [-0.3, -0.25) is 0 Å². The normalized spacial score (nSPS) is 13.7. The zero-order valence-electron chi connectivity index (χ0n) is 12.7. The number of hydrogen-bond donors (Lipinski definition) is 2. The van der Waals surface area contributed by atoms with E-state index in [1.807, 2.05) is 6.92 Å². The molecule has 0 amide bonds. The molecule has 0 aliphatic rings. The molecule has 21 heavy (non-hydrogen) atoms. The Morgan fingerprint density at radius 1 is 1.10 bits per heavy atom. The van der Waals surface area contributed by atoms with E-state index in [0.29, 0.717) is 11.7 Å². The van der Waals surface area contributed by atoms with E-state index in [1.54, 1.807) is 7.11 Å². The molecular formula is C17H22N2OS. The molecule has 0 saturated carbocycles. The lowest BCUT2D eigenvalue weighted by atomic mass is 10.00. The van der Waals surface area contributed by atoms with Gasteiger partial charge in [-0.25, -0.2) is 0 Å². The summed E-state index contributed by atoms with van der Waals surface area (Å²) in [5, 5.41) is 9.72. The summed E-state index contributed by atoms with van der Waals surface area (Å²) in [6.45, 7) is 4.79. The summed E-state index contributed by atoms with van der Waals surface area (Å²) in [5.41, 5.74) is 1.25. The minimum atomic E-state index is 0.144. The zero-order chi connectivity index (χ0) is 15.2. The summed E-state index contributed by atoms with van der Waals surface area (Å²) < 4.78 is 5.10. The molecule has 0 unspecified atom stereocenters. The van der Waals surface area contributed by atoms with Crippen molar-refractivity contribution in [3.63, 3.8) is 0 Å². The lowest BCUT2D eigenvalue weighted by Gasteiger charge is -2.21. The quantitative estimate of drug-likeness (QED) is 0.829. The summed E-state index contributed by atoms with van der Waals surface area (Å²) in [4.78, 5) is 0. The standard InChI is InChI=1S/C17H22N2OS/c1-12(11-20-3)18-17(21)19-13(2)15-10-6-8-14-7-4-5-9-16(14)15/h4-10,12-13H,11H2,1-3H3,(H2,18,19,21)/t12-,13+/m0/s1. The average Bonchev–Trinajstić information content (AvgIpc) is 2.46. The molecule has 4 heteroatoms. The summed E-state index contributed by atoms with van der Waals surface area (Å²) in [6.07, 6.45) is 0. The van der Waals surface area contributed by atoms with Crippen LogP contribution in [0.15, 0.2) is 42.5 Å². The van der Waals surface area contributed by atoms with Crippen molar-refractivity contribution in [2.75, 3.05) is 13.7 Å². The molecule has 2 N–H and O–H groups in total. The van der Waals surface area contributed by atoms with Crippen LogP contribution in [0.3, 0.4) is 0 Å². The van der Waals surface area contributed by atoms with Gasteiger partial charge in [0.05, 0.1) is 12.6 Å². The van der Waals surface area contributed by atoms with Gasteiger partial charge >= 0.3 is 0 Å². The first-order valence-corrected chi connectivity index (χ1v) is 7.56. The molecule has 2 aromatic rings. The third-order valence-electron chi connectivity index (χ3n) is 3.43. The summed E-state index contributed by atoms with van der Waals surface area (Å²) in [7, 11) is 1.69. The second-order valence-electron chi connectivity index (χ2n) is 5.26. The fourth-order valence-electron chi connectivity index (χ4n) is 2.46. The first-order valence-electron chi connectivity index (χ1n) is 7.15. The highest BCUT2D eigenvalue weighted by Gasteiger charge is 2.11. The number of thiocarbonyl (C=S) groups is 1. The van der Waals surface area contributed by atoms with E-state index < -0.39 is 0 Å². The maximum absolute atomic E-state index is 5.37. The summed E-state index contributed by atoms with van der Waals surface area (Å²) >= 11 is 5.37. The summed E-state index contributed by atoms with van der Waals surface area (Å²) in [6, 6.07) is 15.1. The van der Waals surface area contributed by atoms with Gasteiger partial charge < -0.3 is 15.4 Å². The topological polar surface area (TPSA) is 33.3 Å². The molecule has 2 rings (SSSR count). The van der Waals surface area contributed by atoms with Gasteiger partial charge in [-0.05, 0) is 42.4 Å². The fourth-order valence-corrected chi connectivity index (χ4v) is 2.84. The van der Waals surface area contributed by atoms with E-state index >= 15 is 0 Å². The Hall–Kier alpha value is -1.65. The van der Waals surface area contributed by atoms with E-state index in [1.165, 1.54) is 16.3 Å². The van der Waals surface area contributed by atoms with E-state index in [2.05, 4.69) is 60.0 Å². The van der Waals surface area contributed by atoms with Crippen molar-refractivity contribution in [2.24, 2.45) is 0 Å². The highest BCUT2D eigenvalue weighted by atomic mass is 32.1. The van der Waals surface area contributed by atoms with Gasteiger partial charge in [-0.2, -0.15) is 0 Å². The fraction of sp³-hybridized carbons (Fsp3) is 0.353. The SMILES string of the molecule is COC[C@H](C)NC(=S)N[C@H](C)c1cccc2ccccc12. The minimum Gasteiger partial charge on any atom is -0.383 e. The number of fused-ring (bicyclic) bond motifs is 1. The van der Waals surface area contributed by atoms with Gasteiger partial charge in [0.2, 0.25) is 0 Å². The molecule has 0 spiro atoms. The maximum Gasteiger partial charge on any atom is 0.167 e. The van der Waals surface area contributed by atoms with Gasteiger partial charge in [-0.1, -0.05) is 42.5 Å². The third-order valence-corrected chi connectivity index (χ3v) is 3.67. The molecule has 0 saturated heterocycles. The van der Waals surface area contributed by atoms with Gasteiger partial charge in [0.1, 0.15) is 0 Å². The summed E-state index contributed by atoms with van der Waals surface area (Å²) in [5.74, 6) is 0. The molecule has 3 nitrogen and oxygen atoms in total. The Balaban J connectivity index is 2.08. The Bertz CT molecular complexity index is 609. The second-order valence-corrected chi connectivity index (χ2v) is 5.67. The van der Waals surface area contributed by atoms with Crippen molar-refractivity contribution in [3.05, 3.63) is 48.0 Å². The molecular weight excluding hydrogens is 280 g/mol. The number of nitrogens with one attached hydrogen (secondary N) is 2. The van der Waals surface area contributed by atoms with Crippen LogP contribution in [0, 0.1) is 0 Å². The Kier molecular flexibility index (Phi) is 5.53. The van der Waals surface area contributed by atoms with E-state index in [4.69, 9.17) is 17.0 Å². The van der Waals surface area contributed by atoms with Crippen LogP contribution in [0.2, 0.25) is 0 Å². The number of benzene rings is 2. The number of methoxy groups -OCH3 is 1. The Morgan fingerprint density at radius 2 is 1.81 bits per heavy atom. The highest BCUT2D eigenvalue weighted by Crippen LogP contribution is 2.23. The highest BCUT2D eigenvalue weighted by molar-refractivity contribution is 7.80. The van der Waals surface area contributed by atoms with Crippen molar-refractivity contribution in [2.45, 2.75) is 25.9 Å². The molecule has 2 atom stereocenters. The molecule has 0 bridgehead atoms. The van der Waals surface area contributed by atoms with Crippen molar-refractivity contribution < 1.29 is 4.74 Å². The molecule has 0 aliphatic heterocycles. The molecule has 0 aromatic heterocycles. The van der Waals surface area contributed by atoms with E-state index in [0.717, 1.165) is 0 Å². The van der Waals surface area contributed by atoms with Gasteiger partial charge in [0.15, 0.2) is 5.11 Å². The van der Waals surface area contributed by atoms with Crippen molar-refractivity contribution in [3.8, 4) is 0 Å². The minimum absolute atomic E-state index is 0.144. The molecule has 0 radical (unpaired) electrons. The smallest absolute Gasteiger partial charge is 0.167 e. The van der Waals surface area contributed by atoms with Crippen molar-refractivity contribution >= 4 is 28.1 Å². The van der Waals surface area contributed by atoms with Crippen LogP contribution < -0.4 is 10.6 Å². The average molecular weight is 302 g/mol. The van der Waals surface area contributed by atoms with Gasteiger partial charge in [0, 0.05) is 13.2 Å². The van der Waals surface area contributed by atoms with Crippen LogP contribution in [0.25, 0.3) is 10.8 Å². The van der Waals surface area contributed by atoms with Crippen LogP contribution in [-0.2, 0) is 4.74 Å². The van der Waals surface area contributed by atoms with Crippen molar-refractivity contribution in [1.82, 2.24) is 10.6 Å². The zero-order valence-corrected chi connectivity index (χ0v) is 13.5. The van der Waals surface area contributed by atoms with Crippen LogP contribution in [0.5, 0.6) is 0 Å². The van der Waals surface area contributed by atoms with E-state index in [9.17, 15) is 0 Å². The van der Waals surface area contributed by atoms with Crippen LogP contribution in [0.4, 0.5) is 0 Å². The molecule has 0 heterocycles. The predicted octanol–water partition coefficient (Wildman–Crippen LogP) is 3.40. The molecule has 0 aliphatic carbocycles. The largest absolute Gasteiger partial charge is 0.383 e. The first-order chi connectivity index (χ1) is 10.1. The molecule has 0 fully saturated rings. The first kappa shape index (κ1) is 15.7. The maximum atomic E-state index is 5.37. The van der Waals surface area contributed by atoms with Gasteiger partial charge in [-0.15, -0.1) is 0 Å². The molecule has 112 valence electrons. The lowest BCUT2D eigenvalue weighted by molar-refractivity contribution is 0.179. The Morgan fingerprint density at radius 3 is 2.57 bits per heavy atom. The second kappa shape index (κ2) is 7.38. The Labute approximate surface area is 131 Å². The number of ether oxygens (including phenoxy) is 1. The lowest BCUT2D eigenvalue weighted by Crippen LogP contribution is -2.43. The van der Waals surface area contributed by atoms with Crippen molar-refractivity contribution in [1.29, 1.82) is 0 Å². The van der Waals surface area contributed by atoms with Crippen LogP contribution >= 0.6 is 12.2 Å². The third kappa shape index (κ3) is 4.16. The van der Waals surface area contributed by atoms with Crippen LogP contribution in [0.1, 0.15) is 25.5 Å². The monoisotopic (exact) mass is 302 g/mol.